The summed E-state index contributed by atoms with van der Waals surface area (Å²) in [4.78, 5) is 13.3. The number of ether oxygens (including phenoxy) is 1. The summed E-state index contributed by atoms with van der Waals surface area (Å²) in [5, 5.41) is 0. The maximum Gasteiger partial charge on any atom is 0.335 e. The summed E-state index contributed by atoms with van der Waals surface area (Å²) in [6.45, 7) is 2.20. The smallest absolute Gasteiger partial charge is 0.335 e. The summed E-state index contributed by atoms with van der Waals surface area (Å²) in [5.41, 5.74) is 1.85. The fourth-order valence-electron chi connectivity index (χ4n) is 2.49. The van der Waals surface area contributed by atoms with Crippen LogP contribution in [0.5, 0.6) is 0 Å². The normalized spacial score (nSPS) is 18.0. The summed E-state index contributed by atoms with van der Waals surface area (Å²) in [5.74, 6) is 1.37. The predicted molar refractivity (Wildman–Crippen MR) is 83.9 cm³/mol. The molecule has 2 heterocycles. The highest BCUT2D eigenvalue weighted by Crippen LogP contribution is 2.47. The summed E-state index contributed by atoms with van der Waals surface area (Å²) in [6.07, 6.45) is 1.63. The molecule has 1 aliphatic rings. The molecule has 0 spiro atoms. The molecule has 1 atom stereocenters. The zero-order valence-electron chi connectivity index (χ0n) is 11.7. The van der Waals surface area contributed by atoms with Crippen LogP contribution in [0.3, 0.4) is 0 Å². The van der Waals surface area contributed by atoms with Gasteiger partial charge in [0.2, 0.25) is 0 Å². The van der Waals surface area contributed by atoms with Crippen molar-refractivity contribution in [3.05, 3.63) is 65.6 Å². The number of furan rings is 1. The maximum atomic E-state index is 12.4. The predicted octanol–water partition coefficient (Wildman–Crippen LogP) is 4.08. The second kappa shape index (κ2) is 6.22. The Kier molecular flexibility index (Phi) is 4.15. The number of rotatable bonds is 4. The van der Waals surface area contributed by atoms with Gasteiger partial charge in [-0.15, -0.1) is 11.8 Å². The molecule has 1 aromatic carbocycles. The van der Waals surface area contributed by atoms with E-state index in [1.165, 1.54) is 0 Å². The highest BCUT2D eigenvalue weighted by molar-refractivity contribution is 8.08. The lowest BCUT2D eigenvalue weighted by Gasteiger charge is -2.14. The Morgan fingerprint density at radius 2 is 2.10 bits per heavy atom. The van der Waals surface area contributed by atoms with Crippen molar-refractivity contribution >= 4 is 22.6 Å². The first-order chi connectivity index (χ1) is 10.3. The Labute approximate surface area is 128 Å². The summed E-state index contributed by atoms with van der Waals surface area (Å²) in [6, 6.07) is 13.8. The molecule has 1 aliphatic heterocycles. The lowest BCUT2D eigenvalue weighted by atomic mass is 9.92. The molecule has 108 valence electrons. The quantitative estimate of drug-likeness (QED) is 0.797. The molecule has 4 heteroatoms. The van der Waals surface area contributed by atoms with Crippen molar-refractivity contribution in [1.29, 1.82) is 0 Å². The summed E-state index contributed by atoms with van der Waals surface area (Å²) < 4.78 is 10.7. The molecule has 2 aromatic rings. The number of carbonyl (C=O) groups excluding carboxylic acids is 1. The van der Waals surface area contributed by atoms with Crippen molar-refractivity contribution in [2.75, 3.05) is 12.4 Å². The van der Waals surface area contributed by atoms with Crippen molar-refractivity contribution in [3.63, 3.8) is 0 Å². The molecule has 1 aromatic heterocycles. The molecule has 21 heavy (non-hydrogen) atoms. The number of benzene rings is 1. The van der Waals surface area contributed by atoms with E-state index in [1.807, 2.05) is 37.3 Å². The van der Waals surface area contributed by atoms with E-state index in [0.717, 1.165) is 22.0 Å². The van der Waals surface area contributed by atoms with E-state index < -0.39 is 0 Å². The third-order valence-corrected chi connectivity index (χ3v) is 4.64. The van der Waals surface area contributed by atoms with Crippen LogP contribution in [-0.2, 0) is 9.53 Å². The monoisotopic (exact) mass is 300 g/mol. The van der Waals surface area contributed by atoms with E-state index >= 15 is 0 Å². The lowest BCUT2D eigenvalue weighted by Crippen LogP contribution is -2.14. The van der Waals surface area contributed by atoms with Crippen LogP contribution in [0.4, 0.5) is 0 Å². The van der Waals surface area contributed by atoms with Crippen molar-refractivity contribution in [1.82, 2.24) is 0 Å². The molecule has 0 fully saturated rings. The van der Waals surface area contributed by atoms with Gasteiger partial charge in [0.1, 0.15) is 5.76 Å². The average molecular weight is 300 g/mol. The molecule has 3 nitrogen and oxygen atoms in total. The molecule has 0 radical (unpaired) electrons. The van der Waals surface area contributed by atoms with Crippen molar-refractivity contribution in [3.8, 4) is 0 Å². The summed E-state index contributed by atoms with van der Waals surface area (Å²) in [7, 11) is 0. The van der Waals surface area contributed by atoms with Gasteiger partial charge in [0.15, 0.2) is 0 Å². The van der Waals surface area contributed by atoms with Crippen molar-refractivity contribution in [2.24, 2.45) is 0 Å². The minimum absolute atomic E-state index is 0.0512. The SMILES string of the molecule is CCOC(=O)C1=C(c2ccco2)SCC1c1ccccc1. The molecule has 1 unspecified atom stereocenters. The standard InChI is InChI=1S/C17H16O3S/c1-2-19-17(18)15-13(12-7-4-3-5-8-12)11-21-16(15)14-9-6-10-20-14/h3-10,13H,2,11H2,1H3. The van der Waals surface area contributed by atoms with Crippen LogP contribution in [0.15, 0.2) is 58.7 Å². The van der Waals surface area contributed by atoms with E-state index in [4.69, 9.17) is 9.15 Å². The van der Waals surface area contributed by atoms with Gasteiger partial charge in [-0.25, -0.2) is 4.79 Å². The molecular weight excluding hydrogens is 284 g/mol. The zero-order chi connectivity index (χ0) is 14.7. The fourth-order valence-corrected chi connectivity index (χ4v) is 3.82. The van der Waals surface area contributed by atoms with Gasteiger partial charge in [-0.1, -0.05) is 30.3 Å². The van der Waals surface area contributed by atoms with Gasteiger partial charge in [0, 0.05) is 11.7 Å². The van der Waals surface area contributed by atoms with Gasteiger partial charge in [-0.2, -0.15) is 0 Å². The Bertz CT molecular complexity index is 644. The number of carbonyl (C=O) groups is 1. The van der Waals surface area contributed by atoms with Crippen LogP contribution < -0.4 is 0 Å². The topological polar surface area (TPSA) is 39.4 Å². The van der Waals surface area contributed by atoms with E-state index in [-0.39, 0.29) is 11.9 Å². The van der Waals surface area contributed by atoms with Gasteiger partial charge in [0.05, 0.1) is 23.3 Å². The van der Waals surface area contributed by atoms with Gasteiger partial charge in [-0.05, 0) is 24.6 Å². The van der Waals surface area contributed by atoms with Crippen LogP contribution in [0.2, 0.25) is 0 Å². The fraction of sp³-hybridized carbons (Fsp3) is 0.235. The average Bonchev–Trinajstić information content (AvgIpc) is 3.17. The molecule has 0 bridgehead atoms. The van der Waals surface area contributed by atoms with Crippen molar-refractivity contribution < 1.29 is 13.9 Å². The molecule has 0 saturated carbocycles. The first-order valence-electron chi connectivity index (χ1n) is 6.94. The number of hydrogen-bond donors (Lipinski definition) is 0. The first kappa shape index (κ1) is 14.0. The highest BCUT2D eigenvalue weighted by Gasteiger charge is 2.34. The van der Waals surface area contributed by atoms with Crippen LogP contribution in [-0.4, -0.2) is 18.3 Å². The Hall–Kier alpha value is -1.94. The Balaban J connectivity index is 2.04. The zero-order valence-corrected chi connectivity index (χ0v) is 12.6. The van der Waals surface area contributed by atoms with Gasteiger partial charge in [0.25, 0.3) is 0 Å². The Morgan fingerprint density at radius 1 is 1.29 bits per heavy atom. The number of thioether (sulfide) groups is 1. The van der Waals surface area contributed by atoms with Crippen LogP contribution >= 0.6 is 11.8 Å². The van der Waals surface area contributed by atoms with E-state index in [1.54, 1.807) is 18.0 Å². The molecule has 0 N–H and O–H groups in total. The second-order valence-electron chi connectivity index (χ2n) is 4.71. The molecule has 0 saturated heterocycles. The minimum atomic E-state index is -0.247. The van der Waals surface area contributed by atoms with E-state index in [0.29, 0.717) is 12.2 Å². The highest BCUT2D eigenvalue weighted by atomic mass is 32.2. The first-order valence-corrected chi connectivity index (χ1v) is 7.92. The van der Waals surface area contributed by atoms with Gasteiger partial charge < -0.3 is 9.15 Å². The third-order valence-electron chi connectivity index (χ3n) is 3.43. The summed E-state index contributed by atoms with van der Waals surface area (Å²) >= 11 is 1.65. The lowest BCUT2D eigenvalue weighted by molar-refractivity contribution is -0.138. The van der Waals surface area contributed by atoms with Crippen LogP contribution in [0.1, 0.15) is 24.2 Å². The van der Waals surface area contributed by atoms with E-state index in [2.05, 4.69) is 12.1 Å². The molecule has 3 rings (SSSR count). The largest absolute Gasteiger partial charge is 0.464 e. The van der Waals surface area contributed by atoms with Gasteiger partial charge in [-0.3, -0.25) is 0 Å². The van der Waals surface area contributed by atoms with Crippen LogP contribution in [0, 0.1) is 0 Å². The number of hydrogen-bond acceptors (Lipinski definition) is 4. The maximum absolute atomic E-state index is 12.4. The molecule has 0 amide bonds. The molecule has 0 aliphatic carbocycles. The van der Waals surface area contributed by atoms with Gasteiger partial charge >= 0.3 is 5.97 Å². The number of esters is 1. The third kappa shape index (κ3) is 2.76. The minimum Gasteiger partial charge on any atom is -0.464 e. The van der Waals surface area contributed by atoms with Crippen molar-refractivity contribution in [2.45, 2.75) is 12.8 Å². The van der Waals surface area contributed by atoms with Crippen LogP contribution in [0.25, 0.3) is 4.91 Å². The molecular formula is C17H16O3S. The second-order valence-corrected chi connectivity index (χ2v) is 5.75. The van der Waals surface area contributed by atoms with E-state index in [9.17, 15) is 4.79 Å². The Morgan fingerprint density at radius 3 is 2.76 bits per heavy atom.